The summed E-state index contributed by atoms with van der Waals surface area (Å²) in [7, 11) is 0. The number of nitrogens with zero attached hydrogens (tertiary/aromatic N) is 1. The Morgan fingerprint density at radius 2 is 2.09 bits per heavy atom. The highest BCUT2D eigenvalue weighted by Gasteiger charge is 2.19. The van der Waals surface area contributed by atoms with Crippen LogP contribution >= 0.6 is 0 Å². The van der Waals surface area contributed by atoms with Gasteiger partial charge in [-0.1, -0.05) is 18.2 Å². The van der Waals surface area contributed by atoms with Crippen LogP contribution in [-0.2, 0) is 6.54 Å². The second-order valence-electron chi connectivity index (χ2n) is 6.47. The first-order chi connectivity index (χ1) is 10.7. The molecule has 1 unspecified atom stereocenters. The molecule has 0 bridgehead atoms. The highest BCUT2D eigenvalue weighted by atomic mass is 16.3. The predicted octanol–water partition coefficient (Wildman–Crippen LogP) is 2.62. The predicted molar refractivity (Wildman–Crippen MR) is 88.8 cm³/mol. The maximum absolute atomic E-state index is 9.43. The van der Waals surface area contributed by atoms with E-state index in [1.54, 1.807) is 0 Å². The lowest BCUT2D eigenvalue weighted by atomic mass is 9.96. The quantitative estimate of drug-likeness (QED) is 0.861. The number of para-hydroxylation sites is 1. The highest BCUT2D eigenvalue weighted by Crippen LogP contribution is 2.19. The second kappa shape index (κ2) is 7.27. The molecule has 2 N–H and O–H groups in total. The number of hydrogen-bond donors (Lipinski definition) is 2. The van der Waals surface area contributed by atoms with Gasteiger partial charge in [0.2, 0.25) is 0 Å². The molecule has 1 atom stereocenters. The summed E-state index contributed by atoms with van der Waals surface area (Å²) < 4.78 is 5.82. The van der Waals surface area contributed by atoms with Gasteiger partial charge in [-0.05, 0) is 57.5 Å². The molecule has 4 heteroatoms. The van der Waals surface area contributed by atoms with Gasteiger partial charge in [-0.3, -0.25) is 0 Å². The number of β-amino-alcohol motifs (C(OH)–C–C–N with tert-alkyl or cyclic N) is 1. The summed E-state index contributed by atoms with van der Waals surface area (Å²) in [5.74, 6) is 1.74. The summed E-state index contributed by atoms with van der Waals surface area (Å²) >= 11 is 0. The number of nitrogens with one attached hydrogen (secondary N) is 1. The third kappa shape index (κ3) is 4.09. The Labute approximate surface area is 132 Å². The van der Waals surface area contributed by atoms with Crippen molar-refractivity contribution in [2.75, 3.05) is 26.2 Å². The van der Waals surface area contributed by atoms with Gasteiger partial charge in [0.15, 0.2) is 0 Å². The van der Waals surface area contributed by atoms with Crippen LogP contribution in [0.5, 0.6) is 0 Å². The third-order valence-corrected chi connectivity index (χ3v) is 4.44. The van der Waals surface area contributed by atoms with Gasteiger partial charge in [-0.2, -0.15) is 0 Å². The monoisotopic (exact) mass is 302 g/mol. The van der Waals surface area contributed by atoms with Crippen LogP contribution in [0.4, 0.5) is 0 Å². The van der Waals surface area contributed by atoms with Crippen LogP contribution in [0.3, 0.4) is 0 Å². The molecule has 1 saturated heterocycles. The second-order valence-corrected chi connectivity index (χ2v) is 6.47. The fraction of sp³-hybridized carbons (Fsp3) is 0.556. The number of rotatable bonds is 6. The Balaban J connectivity index is 1.40. The smallest absolute Gasteiger partial charge is 0.134 e. The largest absolute Gasteiger partial charge is 0.460 e. The lowest BCUT2D eigenvalue weighted by Crippen LogP contribution is -2.40. The topological polar surface area (TPSA) is 48.6 Å². The van der Waals surface area contributed by atoms with Crippen LogP contribution in [0, 0.1) is 5.92 Å². The van der Waals surface area contributed by atoms with E-state index in [0.717, 1.165) is 50.0 Å². The zero-order valence-electron chi connectivity index (χ0n) is 13.3. The van der Waals surface area contributed by atoms with Gasteiger partial charge in [-0.15, -0.1) is 0 Å². The maximum Gasteiger partial charge on any atom is 0.134 e. The molecular weight excluding hydrogens is 276 g/mol. The van der Waals surface area contributed by atoms with Crippen LogP contribution in [0.15, 0.2) is 34.7 Å². The van der Waals surface area contributed by atoms with Gasteiger partial charge in [0.05, 0.1) is 12.6 Å². The molecule has 1 aliphatic rings. The van der Waals surface area contributed by atoms with Crippen LogP contribution < -0.4 is 5.32 Å². The summed E-state index contributed by atoms with van der Waals surface area (Å²) in [6.45, 7) is 6.70. The average molecular weight is 302 g/mol. The number of piperidine rings is 1. The zero-order chi connectivity index (χ0) is 15.4. The molecule has 2 heterocycles. The summed E-state index contributed by atoms with van der Waals surface area (Å²) in [4.78, 5) is 2.36. The fourth-order valence-corrected chi connectivity index (χ4v) is 3.27. The average Bonchev–Trinajstić information content (AvgIpc) is 2.91. The molecular formula is C18H26N2O2. The third-order valence-electron chi connectivity index (χ3n) is 4.44. The normalized spacial score (nSPS) is 18.8. The molecule has 0 aliphatic carbocycles. The van der Waals surface area contributed by atoms with Crippen molar-refractivity contribution in [1.82, 2.24) is 10.2 Å². The lowest BCUT2D eigenvalue weighted by molar-refractivity contribution is 0.0997. The van der Waals surface area contributed by atoms with Crippen molar-refractivity contribution in [3.8, 4) is 0 Å². The van der Waals surface area contributed by atoms with E-state index in [1.165, 1.54) is 18.2 Å². The van der Waals surface area contributed by atoms with E-state index >= 15 is 0 Å². The molecule has 0 spiro atoms. The Bertz CT molecular complexity index is 553. The van der Waals surface area contributed by atoms with E-state index in [-0.39, 0.29) is 6.10 Å². The van der Waals surface area contributed by atoms with Crippen molar-refractivity contribution in [2.45, 2.75) is 32.4 Å². The van der Waals surface area contributed by atoms with Gasteiger partial charge in [-0.25, -0.2) is 0 Å². The summed E-state index contributed by atoms with van der Waals surface area (Å²) in [6.07, 6.45) is 2.20. The SMILES string of the molecule is CC(O)CN1CCC(CNCc2cc3ccccc3o2)CC1. The van der Waals surface area contributed by atoms with E-state index in [2.05, 4.69) is 22.3 Å². The zero-order valence-corrected chi connectivity index (χ0v) is 13.3. The summed E-state index contributed by atoms with van der Waals surface area (Å²) in [5, 5.41) is 14.1. The van der Waals surface area contributed by atoms with Crippen LogP contribution in [0.1, 0.15) is 25.5 Å². The molecule has 1 fully saturated rings. The first-order valence-corrected chi connectivity index (χ1v) is 8.29. The minimum atomic E-state index is -0.220. The first kappa shape index (κ1) is 15.5. The molecule has 0 saturated carbocycles. The molecule has 1 aromatic carbocycles. The minimum absolute atomic E-state index is 0.220. The summed E-state index contributed by atoms with van der Waals surface area (Å²) in [6, 6.07) is 10.3. The Morgan fingerprint density at radius 3 is 2.82 bits per heavy atom. The van der Waals surface area contributed by atoms with Crippen molar-refractivity contribution in [3.05, 3.63) is 36.1 Å². The van der Waals surface area contributed by atoms with Gasteiger partial charge in [0.1, 0.15) is 11.3 Å². The number of fused-ring (bicyclic) bond motifs is 1. The molecule has 3 rings (SSSR count). The number of aliphatic hydroxyl groups excluding tert-OH is 1. The molecule has 4 nitrogen and oxygen atoms in total. The first-order valence-electron chi connectivity index (χ1n) is 8.29. The Hall–Kier alpha value is -1.36. The molecule has 0 radical (unpaired) electrons. The molecule has 1 aliphatic heterocycles. The van der Waals surface area contributed by atoms with E-state index in [1.807, 2.05) is 25.1 Å². The van der Waals surface area contributed by atoms with Gasteiger partial charge in [0.25, 0.3) is 0 Å². The molecule has 120 valence electrons. The van der Waals surface area contributed by atoms with Crippen molar-refractivity contribution < 1.29 is 9.52 Å². The molecule has 1 aromatic heterocycles. The molecule has 0 amide bonds. The number of benzene rings is 1. The Morgan fingerprint density at radius 1 is 1.32 bits per heavy atom. The van der Waals surface area contributed by atoms with Crippen molar-refractivity contribution in [3.63, 3.8) is 0 Å². The lowest BCUT2D eigenvalue weighted by Gasteiger charge is -2.32. The highest BCUT2D eigenvalue weighted by molar-refractivity contribution is 5.77. The number of aliphatic hydroxyl groups is 1. The number of hydrogen-bond acceptors (Lipinski definition) is 4. The van der Waals surface area contributed by atoms with Gasteiger partial charge in [0, 0.05) is 11.9 Å². The van der Waals surface area contributed by atoms with E-state index < -0.39 is 0 Å². The van der Waals surface area contributed by atoms with Gasteiger partial charge < -0.3 is 19.7 Å². The fourth-order valence-electron chi connectivity index (χ4n) is 3.27. The van der Waals surface area contributed by atoms with E-state index in [9.17, 15) is 5.11 Å². The van der Waals surface area contributed by atoms with Crippen molar-refractivity contribution in [2.24, 2.45) is 5.92 Å². The van der Waals surface area contributed by atoms with Crippen LogP contribution in [0.25, 0.3) is 11.0 Å². The van der Waals surface area contributed by atoms with Crippen molar-refractivity contribution >= 4 is 11.0 Å². The van der Waals surface area contributed by atoms with Crippen LogP contribution in [0.2, 0.25) is 0 Å². The van der Waals surface area contributed by atoms with Gasteiger partial charge >= 0.3 is 0 Å². The maximum atomic E-state index is 9.43. The van der Waals surface area contributed by atoms with E-state index in [0.29, 0.717) is 0 Å². The van der Waals surface area contributed by atoms with Crippen LogP contribution in [-0.4, -0.2) is 42.3 Å². The minimum Gasteiger partial charge on any atom is -0.460 e. The molecule has 2 aromatic rings. The number of likely N-dealkylation sites (tertiary alicyclic amines) is 1. The standard InChI is InChI=1S/C18H26N2O2/c1-14(21)13-20-8-6-15(7-9-20)11-19-12-17-10-16-4-2-3-5-18(16)22-17/h2-5,10,14-15,19,21H,6-9,11-13H2,1H3. The van der Waals surface area contributed by atoms with Crippen molar-refractivity contribution in [1.29, 1.82) is 0 Å². The summed E-state index contributed by atoms with van der Waals surface area (Å²) in [5.41, 5.74) is 0.964. The molecule has 22 heavy (non-hydrogen) atoms. The Kier molecular flexibility index (Phi) is 5.13. The number of furan rings is 1. The van der Waals surface area contributed by atoms with E-state index in [4.69, 9.17) is 4.42 Å².